The summed E-state index contributed by atoms with van der Waals surface area (Å²) in [5.74, 6) is -1.35. The standard InChI is InChI=1S/C8H5F3N2O/c9-6(10)5-3-4(1-2-12)8(14)13-7(5)11/h3,6H,1H2,(H,13,14). The molecular formula is C8H5F3N2O. The lowest BCUT2D eigenvalue weighted by atomic mass is 10.1. The molecule has 14 heavy (non-hydrogen) atoms. The Morgan fingerprint density at radius 3 is 2.71 bits per heavy atom. The highest BCUT2D eigenvalue weighted by molar-refractivity contribution is 5.22. The normalized spacial score (nSPS) is 10.2. The third kappa shape index (κ3) is 1.93. The zero-order valence-electron chi connectivity index (χ0n) is 6.85. The van der Waals surface area contributed by atoms with E-state index in [1.54, 1.807) is 11.1 Å². The molecule has 6 heteroatoms. The van der Waals surface area contributed by atoms with E-state index in [4.69, 9.17) is 5.26 Å². The number of pyridine rings is 1. The summed E-state index contributed by atoms with van der Waals surface area (Å²) in [6.45, 7) is 0. The first-order valence-electron chi connectivity index (χ1n) is 3.63. The summed E-state index contributed by atoms with van der Waals surface area (Å²) in [6, 6.07) is 2.33. The number of alkyl halides is 2. The molecule has 0 bridgehead atoms. The van der Waals surface area contributed by atoms with Crippen molar-refractivity contribution in [3.63, 3.8) is 0 Å². The number of rotatable bonds is 2. The molecule has 0 atom stereocenters. The monoisotopic (exact) mass is 202 g/mol. The van der Waals surface area contributed by atoms with Crippen molar-refractivity contribution in [2.24, 2.45) is 0 Å². The van der Waals surface area contributed by atoms with Crippen LogP contribution in [0.5, 0.6) is 0 Å². The number of halogens is 3. The fourth-order valence-corrected chi connectivity index (χ4v) is 0.944. The Kier molecular flexibility index (Phi) is 2.92. The molecule has 3 nitrogen and oxygen atoms in total. The van der Waals surface area contributed by atoms with Crippen LogP contribution in [0.1, 0.15) is 17.6 Å². The molecule has 0 spiro atoms. The van der Waals surface area contributed by atoms with Crippen molar-refractivity contribution < 1.29 is 13.2 Å². The van der Waals surface area contributed by atoms with Crippen molar-refractivity contribution in [1.82, 2.24) is 4.98 Å². The van der Waals surface area contributed by atoms with Gasteiger partial charge in [0.25, 0.3) is 12.0 Å². The summed E-state index contributed by atoms with van der Waals surface area (Å²) < 4.78 is 37.0. The summed E-state index contributed by atoms with van der Waals surface area (Å²) in [6.07, 6.45) is -3.33. The molecule has 74 valence electrons. The summed E-state index contributed by atoms with van der Waals surface area (Å²) in [7, 11) is 0. The number of aromatic amines is 1. The predicted molar refractivity (Wildman–Crippen MR) is 41.3 cm³/mol. The van der Waals surface area contributed by atoms with E-state index in [0.717, 1.165) is 0 Å². The second-order valence-corrected chi connectivity index (χ2v) is 2.53. The molecule has 0 amide bonds. The maximum atomic E-state index is 12.7. The van der Waals surface area contributed by atoms with Gasteiger partial charge >= 0.3 is 0 Å². The molecule has 0 radical (unpaired) electrons. The lowest BCUT2D eigenvalue weighted by Crippen LogP contribution is -2.15. The van der Waals surface area contributed by atoms with Crippen LogP contribution in [0, 0.1) is 17.3 Å². The average Bonchev–Trinajstić information content (AvgIpc) is 2.09. The first kappa shape index (κ1) is 10.3. The van der Waals surface area contributed by atoms with Crippen LogP contribution in [0.3, 0.4) is 0 Å². The number of aromatic nitrogens is 1. The second kappa shape index (κ2) is 3.96. The zero-order chi connectivity index (χ0) is 10.7. The van der Waals surface area contributed by atoms with Gasteiger partial charge in [0.1, 0.15) is 0 Å². The number of hydrogen-bond donors (Lipinski definition) is 1. The number of nitrogens with zero attached hydrogens (tertiary/aromatic N) is 1. The molecule has 1 aromatic rings. The summed E-state index contributed by atoms with van der Waals surface area (Å²) in [4.78, 5) is 12.5. The number of nitriles is 1. The molecule has 0 aliphatic heterocycles. The Labute approximate surface area is 76.8 Å². The van der Waals surface area contributed by atoms with Gasteiger partial charge in [0.15, 0.2) is 0 Å². The Morgan fingerprint density at radius 1 is 1.57 bits per heavy atom. The van der Waals surface area contributed by atoms with Crippen LogP contribution in [0.4, 0.5) is 13.2 Å². The van der Waals surface area contributed by atoms with Gasteiger partial charge in [-0.1, -0.05) is 0 Å². The molecular weight excluding hydrogens is 197 g/mol. The molecule has 1 heterocycles. The fourth-order valence-electron chi connectivity index (χ4n) is 0.944. The first-order valence-corrected chi connectivity index (χ1v) is 3.63. The largest absolute Gasteiger partial charge is 0.298 e. The first-order chi connectivity index (χ1) is 6.56. The van der Waals surface area contributed by atoms with Gasteiger partial charge in [-0.2, -0.15) is 9.65 Å². The van der Waals surface area contributed by atoms with E-state index in [1.165, 1.54) is 0 Å². The highest BCUT2D eigenvalue weighted by atomic mass is 19.3. The highest BCUT2D eigenvalue weighted by Crippen LogP contribution is 2.20. The van der Waals surface area contributed by atoms with E-state index in [2.05, 4.69) is 0 Å². The molecule has 0 aliphatic carbocycles. The van der Waals surface area contributed by atoms with Crippen molar-refractivity contribution in [2.45, 2.75) is 12.8 Å². The molecule has 0 fully saturated rings. The van der Waals surface area contributed by atoms with Crippen LogP contribution in [-0.2, 0) is 6.42 Å². The minimum atomic E-state index is -3.01. The molecule has 0 aliphatic rings. The van der Waals surface area contributed by atoms with Crippen LogP contribution >= 0.6 is 0 Å². The maximum absolute atomic E-state index is 12.7. The van der Waals surface area contributed by atoms with E-state index in [9.17, 15) is 18.0 Å². The van der Waals surface area contributed by atoms with Crippen LogP contribution in [0.25, 0.3) is 0 Å². The molecule has 0 saturated heterocycles. The van der Waals surface area contributed by atoms with Crippen LogP contribution in [-0.4, -0.2) is 4.98 Å². The van der Waals surface area contributed by atoms with Crippen molar-refractivity contribution in [1.29, 1.82) is 5.26 Å². The Morgan fingerprint density at radius 2 is 2.21 bits per heavy atom. The zero-order valence-corrected chi connectivity index (χ0v) is 6.85. The van der Waals surface area contributed by atoms with Gasteiger partial charge in [-0.05, 0) is 6.07 Å². The van der Waals surface area contributed by atoms with Crippen molar-refractivity contribution >= 4 is 0 Å². The third-order valence-corrected chi connectivity index (χ3v) is 1.60. The minimum Gasteiger partial charge on any atom is -0.298 e. The van der Waals surface area contributed by atoms with Gasteiger partial charge in [0, 0.05) is 5.56 Å². The minimum absolute atomic E-state index is 0.163. The number of hydrogen-bond acceptors (Lipinski definition) is 2. The number of nitrogens with one attached hydrogen (secondary N) is 1. The molecule has 1 rings (SSSR count). The van der Waals surface area contributed by atoms with Gasteiger partial charge < -0.3 is 0 Å². The van der Waals surface area contributed by atoms with Crippen LogP contribution < -0.4 is 5.56 Å². The van der Waals surface area contributed by atoms with Gasteiger partial charge in [-0.25, -0.2) is 8.78 Å². The molecule has 0 aromatic carbocycles. The predicted octanol–water partition coefficient (Wildman–Crippen LogP) is 1.52. The van der Waals surface area contributed by atoms with Crippen molar-refractivity contribution in [3.05, 3.63) is 33.5 Å². The van der Waals surface area contributed by atoms with Gasteiger partial charge in [0.05, 0.1) is 18.1 Å². The van der Waals surface area contributed by atoms with Crippen LogP contribution in [0.2, 0.25) is 0 Å². The van der Waals surface area contributed by atoms with Gasteiger partial charge in [-0.3, -0.25) is 9.78 Å². The summed E-state index contributed by atoms with van der Waals surface area (Å²) in [5.41, 5.74) is -1.91. The smallest absolute Gasteiger partial charge is 0.268 e. The van der Waals surface area contributed by atoms with E-state index in [-0.39, 0.29) is 12.0 Å². The van der Waals surface area contributed by atoms with Gasteiger partial charge in [0.2, 0.25) is 5.95 Å². The van der Waals surface area contributed by atoms with Crippen molar-refractivity contribution in [3.8, 4) is 6.07 Å². The van der Waals surface area contributed by atoms with E-state index >= 15 is 0 Å². The topological polar surface area (TPSA) is 56.6 Å². The van der Waals surface area contributed by atoms with Gasteiger partial charge in [-0.15, -0.1) is 0 Å². The molecule has 0 saturated carbocycles. The number of H-pyrrole nitrogens is 1. The quantitative estimate of drug-likeness (QED) is 0.739. The Balaban J connectivity index is 3.29. The van der Waals surface area contributed by atoms with E-state index in [1.807, 2.05) is 0 Å². The summed E-state index contributed by atoms with van der Waals surface area (Å²) >= 11 is 0. The lowest BCUT2D eigenvalue weighted by molar-refractivity contribution is 0.145. The van der Waals surface area contributed by atoms with Crippen molar-refractivity contribution in [2.75, 3.05) is 0 Å². The summed E-state index contributed by atoms with van der Waals surface area (Å²) in [5, 5.41) is 8.26. The molecule has 1 aromatic heterocycles. The van der Waals surface area contributed by atoms with E-state index in [0.29, 0.717) is 6.07 Å². The Hall–Kier alpha value is -1.77. The second-order valence-electron chi connectivity index (χ2n) is 2.53. The molecule has 1 N–H and O–H groups in total. The SMILES string of the molecule is N#CCc1cc(C(F)F)c(F)[nH]c1=O. The highest BCUT2D eigenvalue weighted by Gasteiger charge is 2.16. The average molecular weight is 202 g/mol. The lowest BCUT2D eigenvalue weighted by Gasteiger charge is -2.02. The third-order valence-electron chi connectivity index (χ3n) is 1.60. The van der Waals surface area contributed by atoms with Crippen LogP contribution in [0.15, 0.2) is 10.9 Å². The molecule has 0 unspecified atom stereocenters. The fraction of sp³-hybridized carbons (Fsp3) is 0.250. The Bertz CT molecular complexity index is 433. The maximum Gasteiger partial charge on any atom is 0.268 e. The van der Waals surface area contributed by atoms with E-state index < -0.39 is 23.5 Å².